The molecule has 0 aliphatic heterocycles. The van der Waals surface area contributed by atoms with Crippen LogP contribution in [0.25, 0.3) is 11.3 Å². The summed E-state index contributed by atoms with van der Waals surface area (Å²) in [6, 6.07) is 20.7. The fourth-order valence-corrected chi connectivity index (χ4v) is 4.45. The van der Waals surface area contributed by atoms with E-state index in [1.165, 1.54) is 17.7 Å². The van der Waals surface area contributed by atoms with Crippen molar-refractivity contribution in [2.45, 2.75) is 19.9 Å². The number of thiazole rings is 1. The molecular formula is C26H25FN2O2S. The highest BCUT2D eigenvalue weighted by Gasteiger charge is 2.10. The van der Waals surface area contributed by atoms with Crippen LogP contribution in [0.4, 0.5) is 10.1 Å². The van der Waals surface area contributed by atoms with Crippen LogP contribution in [-0.4, -0.2) is 18.8 Å². The van der Waals surface area contributed by atoms with E-state index in [9.17, 15) is 4.39 Å². The van der Waals surface area contributed by atoms with Gasteiger partial charge in [0.2, 0.25) is 0 Å². The molecule has 0 saturated heterocycles. The van der Waals surface area contributed by atoms with E-state index in [0.717, 1.165) is 40.3 Å². The quantitative estimate of drug-likeness (QED) is 0.340. The summed E-state index contributed by atoms with van der Waals surface area (Å²) in [5.74, 6) is 1.18. The molecule has 0 aliphatic carbocycles. The summed E-state index contributed by atoms with van der Waals surface area (Å²) in [6.07, 6.45) is 0.784. The van der Waals surface area contributed by atoms with E-state index in [1.54, 1.807) is 37.7 Å². The van der Waals surface area contributed by atoms with Gasteiger partial charge in [-0.1, -0.05) is 23.8 Å². The molecule has 6 heteroatoms. The fourth-order valence-electron chi connectivity index (χ4n) is 3.49. The van der Waals surface area contributed by atoms with Crippen LogP contribution in [0.2, 0.25) is 0 Å². The van der Waals surface area contributed by atoms with E-state index < -0.39 is 0 Å². The molecule has 0 unspecified atom stereocenters. The molecule has 4 nitrogen and oxygen atoms in total. The molecule has 164 valence electrons. The van der Waals surface area contributed by atoms with E-state index in [1.807, 2.05) is 30.3 Å². The largest absolute Gasteiger partial charge is 0.493 e. The Balaban J connectivity index is 1.71. The van der Waals surface area contributed by atoms with Gasteiger partial charge in [0, 0.05) is 11.9 Å². The van der Waals surface area contributed by atoms with Crippen molar-refractivity contribution in [1.82, 2.24) is 4.57 Å². The maximum atomic E-state index is 13.5. The summed E-state index contributed by atoms with van der Waals surface area (Å²) in [5.41, 5.74) is 5.21. The van der Waals surface area contributed by atoms with E-state index in [-0.39, 0.29) is 5.82 Å². The molecule has 0 saturated carbocycles. The maximum absolute atomic E-state index is 13.5. The van der Waals surface area contributed by atoms with E-state index in [2.05, 4.69) is 29.0 Å². The standard InChI is InChI=1S/C26H25FN2O2S/c1-18-4-11-22(12-5-18)28-26-29(23(17-32-26)20-7-9-21(27)10-8-20)15-14-19-6-13-24(30-2)25(16-19)31-3/h4-13,16-17H,14-15H2,1-3H3. The lowest BCUT2D eigenvalue weighted by Crippen LogP contribution is -2.17. The summed E-state index contributed by atoms with van der Waals surface area (Å²) in [4.78, 5) is 5.78. The Labute approximate surface area is 191 Å². The Morgan fingerprint density at radius 1 is 0.906 bits per heavy atom. The number of aromatic nitrogens is 1. The number of rotatable bonds is 7. The van der Waals surface area contributed by atoms with Gasteiger partial charge in [-0.25, -0.2) is 9.38 Å². The van der Waals surface area contributed by atoms with Crippen LogP contribution in [0, 0.1) is 12.7 Å². The van der Waals surface area contributed by atoms with Crippen LogP contribution >= 0.6 is 11.3 Å². The summed E-state index contributed by atoms with van der Waals surface area (Å²) >= 11 is 1.58. The fraction of sp³-hybridized carbons (Fsp3) is 0.192. The van der Waals surface area contributed by atoms with Gasteiger partial charge in [0.25, 0.3) is 0 Å². The third-order valence-electron chi connectivity index (χ3n) is 5.27. The van der Waals surface area contributed by atoms with Gasteiger partial charge in [-0.15, -0.1) is 11.3 Å². The second-order valence-corrected chi connectivity index (χ2v) is 8.29. The lowest BCUT2D eigenvalue weighted by Gasteiger charge is -2.12. The van der Waals surface area contributed by atoms with Crippen molar-refractivity contribution in [3.8, 4) is 22.8 Å². The Morgan fingerprint density at radius 2 is 1.62 bits per heavy atom. The first-order chi connectivity index (χ1) is 15.6. The van der Waals surface area contributed by atoms with Crippen LogP contribution in [0.3, 0.4) is 0 Å². The number of hydrogen-bond acceptors (Lipinski definition) is 4. The van der Waals surface area contributed by atoms with Crippen molar-refractivity contribution in [2.75, 3.05) is 14.2 Å². The zero-order valence-electron chi connectivity index (χ0n) is 18.3. The Hall–Kier alpha value is -3.38. The first-order valence-electron chi connectivity index (χ1n) is 10.3. The zero-order chi connectivity index (χ0) is 22.5. The van der Waals surface area contributed by atoms with Crippen molar-refractivity contribution in [1.29, 1.82) is 0 Å². The highest BCUT2D eigenvalue weighted by atomic mass is 32.1. The van der Waals surface area contributed by atoms with Crippen molar-refractivity contribution >= 4 is 17.0 Å². The van der Waals surface area contributed by atoms with Crippen molar-refractivity contribution in [3.05, 3.63) is 93.9 Å². The molecule has 4 aromatic rings. The molecule has 4 rings (SSSR count). The highest BCUT2D eigenvalue weighted by Crippen LogP contribution is 2.28. The number of nitrogens with zero attached hydrogens (tertiary/aromatic N) is 2. The average molecular weight is 449 g/mol. The molecule has 1 heterocycles. The summed E-state index contributed by atoms with van der Waals surface area (Å²) < 4.78 is 26.5. The molecule has 0 bridgehead atoms. The number of methoxy groups -OCH3 is 2. The average Bonchev–Trinajstić information content (AvgIpc) is 3.21. The van der Waals surface area contributed by atoms with Gasteiger partial charge in [-0.3, -0.25) is 0 Å². The van der Waals surface area contributed by atoms with Gasteiger partial charge in [-0.2, -0.15) is 0 Å². The Morgan fingerprint density at radius 3 is 2.31 bits per heavy atom. The lowest BCUT2D eigenvalue weighted by atomic mass is 10.1. The monoisotopic (exact) mass is 448 g/mol. The van der Waals surface area contributed by atoms with Crippen LogP contribution in [0.1, 0.15) is 11.1 Å². The molecule has 0 fully saturated rings. The summed E-state index contributed by atoms with van der Waals surface area (Å²) in [5, 5.41) is 2.08. The molecule has 3 aromatic carbocycles. The molecule has 0 amide bonds. The molecule has 0 N–H and O–H groups in total. The van der Waals surface area contributed by atoms with Crippen LogP contribution in [-0.2, 0) is 13.0 Å². The molecule has 0 spiro atoms. The number of aryl methyl sites for hydroxylation is 2. The van der Waals surface area contributed by atoms with Crippen LogP contribution < -0.4 is 14.3 Å². The Bertz CT molecular complexity index is 1260. The highest BCUT2D eigenvalue weighted by molar-refractivity contribution is 7.07. The number of halogens is 1. The minimum Gasteiger partial charge on any atom is -0.493 e. The predicted molar refractivity (Wildman–Crippen MR) is 127 cm³/mol. The normalized spacial score (nSPS) is 11.6. The zero-order valence-corrected chi connectivity index (χ0v) is 19.2. The molecule has 32 heavy (non-hydrogen) atoms. The van der Waals surface area contributed by atoms with Gasteiger partial charge in [-0.05, 0) is 73.0 Å². The smallest absolute Gasteiger partial charge is 0.190 e. The van der Waals surface area contributed by atoms with Gasteiger partial charge >= 0.3 is 0 Å². The number of hydrogen-bond donors (Lipinski definition) is 0. The molecular weight excluding hydrogens is 423 g/mol. The molecule has 0 atom stereocenters. The molecule has 0 radical (unpaired) electrons. The van der Waals surface area contributed by atoms with Crippen molar-refractivity contribution in [3.63, 3.8) is 0 Å². The van der Waals surface area contributed by atoms with Crippen LogP contribution in [0.15, 0.2) is 77.1 Å². The van der Waals surface area contributed by atoms with E-state index >= 15 is 0 Å². The van der Waals surface area contributed by atoms with E-state index in [4.69, 9.17) is 14.5 Å². The first kappa shape index (κ1) is 21.8. The SMILES string of the molecule is COc1ccc(CCn2c(-c3ccc(F)cc3)csc2=Nc2ccc(C)cc2)cc1OC. The third-order valence-corrected chi connectivity index (χ3v) is 6.13. The first-order valence-corrected chi connectivity index (χ1v) is 11.2. The minimum atomic E-state index is -0.245. The van der Waals surface area contributed by atoms with Crippen molar-refractivity contribution < 1.29 is 13.9 Å². The van der Waals surface area contributed by atoms with Gasteiger partial charge < -0.3 is 14.0 Å². The van der Waals surface area contributed by atoms with Crippen LogP contribution in [0.5, 0.6) is 11.5 Å². The predicted octanol–water partition coefficient (Wildman–Crippen LogP) is 6.16. The number of ether oxygens (including phenoxy) is 2. The lowest BCUT2D eigenvalue weighted by molar-refractivity contribution is 0.354. The third kappa shape index (κ3) is 4.92. The van der Waals surface area contributed by atoms with Gasteiger partial charge in [0.15, 0.2) is 16.3 Å². The van der Waals surface area contributed by atoms with E-state index in [0.29, 0.717) is 11.5 Å². The second-order valence-electron chi connectivity index (χ2n) is 7.45. The topological polar surface area (TPSA) is 35.8 Å². The summed E-state index contributed by atoms with van der Waals surface area (Å²) in [7, 11) is 3.27. The van der Waals surface area contributed by atoms with Crippen molar-refractivity contribution in [2.24, 2.45) is 4.99 Å². The summed E-state index contributed by atoms with van der Waals surface area (Å²) in [6.45, 7) is 2.78. The van der Waals surface area contributed by atoms with Gasteiger partial charge in [0.05, 0.1) is 25.6 Å². The molecule has 0 aliphatic rings. The van der Waals surface area contributed by atoms with Gasteiger partial charge in [0.1, 0.15) is 5.82 Å². The minimum absolute atomic E-state index is 0.245. The Kier molecular flexibility index (Phi) is 6.71. The maximum Gasteiger partial charge on any atom is 0.190 e. The number of benzene rings is 3. The second kappa shape index (κ2) is 9.83. The molecule has 1 aromatic heterocycles.